The van der Waals surface area contributed by atoms with Gasteiger partial charge in [0.25, 0.3) is 0 Å². The fourth-order valence-electron chi connectivity index (χ4n) is 3.12. The highest BCUT2D eigenvalue weighted by Gasteiger charge is 2.31. The zero-order valence-corrected chi connectivity index (χ0v) is 12.4. The standard InChI is InChI=1S/C15H30N2O/c1-4-15(3)12-17(13(2)8-9-16-15)11-14-7-5-6-10-18-14/h13-14,16H,4-12H2,1-3H3. The number of hydrogen-bond acceptors (Lipinski definition) is 3. The predicted molar refractivity (Wildman–Crippen MR) is 75.9 cm³/mol. The first-order valence-corrected chi connectivity index (χ1v) is 7.73. The predicted octanol–water partition coefficient (Wildman–Crippen LogP) is 2.41. The molecule has 3 unspecified atom stereocenters. The van der Waals surface area contributed by atoms with Gasteiger partial charge < -0.3 is 10.1 Å². The first kappa shape index (κ1) is 14.3. The van der Waals surface area contributed by atoms with Gasteiger partial charge in [-0.2, -0.15) is 0 Å². The van der Waals surface area contributed by atoms with Crippen molar-refractivity contribution in [1.82, 2.24) is 10.2 Å². The van der Waals surface area contributed by atoms with Crippen LogP contribution in [-0.2, 0) is 4.74 Å². The average molecular weight is 254 g/mol. The van der Waals surface area contributed by atoms with E-state index in [1.165, 1.54) is 32.1 Å². The Balaban J connectivity index is 1.94. The molecule has 0 bridgehead atoms. The van der Waals surface area contributed by atoms with E-state index in [0.29, 0.717) is 12.1 Å². The summed E-state index contributed by atoms with van der Waals surface area (Å²) in [7, 11) is 0. The zero-order chi connectivity index (χ0) is 13.0. The van der Waals surface area contributed by atoms with Crippen molar-refractivity contribution in [2.24, 2.45) is 0 Å². The van der Waals surface area contributed by atoms with Gasteiger partial charge in [-0.3, -0.25) is 4.90 Å². The van der Waals surface area contributed by atoms with Gasteiger partial charge in [-0.05, 0) is 52.5 Å². The Labute approximate surface area is 112 Å². The smallest absolute Gasteiger partial charge is 0.0702 e. The van der Waals surface area contributed by atoms with Crippen LogP contribution in [0.25, 0.3) is 0 Å². The van der Waals surface area contributed by atoms with Crippen LogP contribution in [0, 0.1) is 0 Å². The van der Waals surface area contributed by atoms with E-state index in [4.69, 9.17) is 4.74 Å². The maximum Gasteiger partial charge on any atom is 0.0702 e. The second-order valence-electron chi connectivity index (χ2n) is 6.40. The van der Waals surface area contributed by atoms with Gasteiger partial charge in [0.2, 0.25) is 0 Å². The van der Waals surface area contributed by atoms with Gasteiger partial charge in [0, 0.05) is 31.3 Å². The number of nitrogens with one attached hydrogen (secondary N) is 1. The fourth-order valence-corrected chi connectivity index (χ4v) is 3.12. The summed E-state index contributed by atoms with van der Waals surface area (Å²) in [6.45, 7) is 11.4. The van der Waals surface area contributed by atoms with Crippen molar-refractivity contribution in [3.8, 4) is 0 Å². The van der Waals surface area contributed by atoms with Crippen LogP contribution in [0.3, 0.4) is 0 Å². The number of ether oxygens (including phenoxy) is 1. The van der Waals surface area contributed by atoms with Crippen molar-refractivity contribution >= 4 is 0 Å². The SMILES string of the molecule is CCC1(C)CN(CC2CCCCO2)C(C)CCN1. The van der Waals surface area contributed by atoms with Gasteiger partial charge in [-0.1, -0.05) is 6.92 Å². The van der Waals surface area contributed by atoms with Crippen molar-refractivity contribution in [2.75, 3.05) is 26.2 Å². The molecule has 3 atom stereocenters. The molecule has 2 aliphatic rings. The lowest BCUT2D eigenvalue weighted by Crippen LogP contribution is -2.51. The van der Waals surface area contributed by atoms with Crippen molar-refractivity contribution in [1.29, 1.82) is 0 Å². The van der Waals surface area contributed by atoms with Gasteiger partial charge in [-0.25, -0.2) is 0 Å². The second kappa shape index (κ2) is 6.36. The molecule has 0 radical (unpaired) electrons. The quantitative estimate of drug-likeness (QED) is 0.837. The zero-order valence-electron chi connectivity index (χ0n) is 12.4. The van der Waals surface area contributed by atoms with E-state index in [2.05, 4.69) is 31.0 Å². The Morgan fingerprint density at radius 1 is 1.33 bits per heavy atom. The van der Waals surface area contributed by atoms with E-state index in [0.717, 1.165) is 26.2 Å². The Morgan fingerprint density at radius 2 is 2.17 bits per heavy atom. The average Bonchev–Trinajstić information content (AvgIpc) is 2.52. The summed E-state index contributed by atoms with van der Waals surface area (Å²) in [6, 6.07) is 0.677. The molecule has 2 rings (SSSR count). The Bertz CT molecular complexity index is 253. The van der Waals surface area contributed by atoms with Gasteiger partial charge in [0.05, 0.1) is 6.10 Å². The second-order valence-corrected chi connectivity index (χ2v) is 6.40. The molecule has 2 aliphatic heterocycles. The van der Waals surface area contributed by atoms with Crippen LogP contribution < -0.4 is 5.32 Å². The molecular weight excluding hydrogens is 224 g/mol. The van der Waals surface area contributed by atoms with Crippen molar-refractivity contribution in [3.05, 3.63) is 0 Å². The van der Waals surface area contributed by atoms with Gasteiger partial charge in [0.1, 0.15) is 0 Å². The van der Waals surface area contributed by atoms with E-state index in [9.17, 15) is 0 Å². The summed E-state index contributed by atoms with van der Waals surface area (Å²) in [5.74, 6) is 0. The molecule has 3 heteroatoms. The van der Waals surface area contributed by atoms with Crippen LogP contribution in [-0.4, -0.2) is 48.8 Å². The normalized spacial score (nSPS) is 39.5. The van der Waals surface area contributed by atoms with Crippen LogP contribution in [0.5, 0.6) is 0 Å². The molecule has 1 N–H and O–H groups in total. The van der Waals surface area contributed by atoms with E-state index < -0.39 is 0 Å². The molecule has 0 aromatic carbocycles. The summed E-state index contributed by atoms with van der Waals surface area (Å²) in [5, 5.41) is 3.72. The Hall–Kier alpha value is -0.120. The lowest BCUT2D eigenvalue weighted by Gasteiger charge is -2.37. The van der Waals surface area contributed by atoms with Crippen LogP contribution in [0.2, 0.25) is 0 Å². The van der Waals surface area contributed by atoms with Crippen LogP contribution >= 0.6 is 0 Å². The largest absolute Gasteiger partial charge is 0.377 e. The van der Waals surface area contributed by atoms with Crippen molar-refractivity contribution < 1.29 is 4.74 Å². The molecule has 2 heterocycles. The summed E-state index contributed by atoms with van der Waals surface area (Å²) >= 11 is 0. The molecule has 18 heavy (non-hydrogen) atoms. The fraction of sp³-hybridized carbons (Fsp3) is 1.00. The Morgan fingerprint density at radius 3 is 2.83 bits per heavy atom. The minimum Gasteiger partial charge on any atom is -0.377 e. The molecule has 2 saturated heterocycles. The highest BCUT2D eigenvalue weighted by Crippen LogP contribution is 2.21. The van der Waals surface area contributed by atoms with E-state index in [-0.39, 0.29) is 5.54 Å². The van der Waals surface area contributed by atoms with Gasteiger partial charge >= 0.3 is 0 Å². The third kappa shape index (κ3) is 3.69. The molecular formula is C15H30N2O. The summed E-state index contributed by atoms with van der Waals surface area (Å²) in [4.78, 5) is 2.65. The minimum atomic E-state index is 0.277. The molecule has 0 aliphatic carbocycles. The molecule has 2 fully saturated rings. The van der Waals surface area contributed by atoms with E-state index in [1.54, 1.807) is 0 Å². The maximum atomic E-state index is 5.91. The Kier molecular flexibility index (Phi) is 5.05. The molecule has 0 aromatic rings. The van der Waals surface area contributed by atoms with Gasteiger partial charge in [0.15, 0.2) is 0 Å². The highest BCUT2D eigenvalue weighted by molar-refractivity contribution is 4.91. The lowest BCUT2D eigenvalue weighted by atomic mass is 9.98. The molecule has 0 saturated carbocycles. The monoisotopic (exact) mass is 254 g/mol. The number of nitrogens with zero attached hydrogens (tertiary/aromatic N) is 1. The lowest BCUT2D eigenvalue weighted by molar-refractivity contribution is -0.0152. The van der Waals surface area contributed by atoms with E-state index >= 15 is 0 Å². The van der Waals surface area contributed by atoms with E-state index in [1.807, 2.05) is 0 Å². The topological polar surface area (TPSA) is 24.5 Å². The highest BCUT2D eigenvalue weighted by atomic mass is 16.5. The molecule has 106 valence electrons. The number of hydrogen-bond donors (Lipinski definition) is 1. The maximum absolute atomic E-state index is 5.91. The summed E-state index contributed by atoms with van der Waals surface area (Å²) in [6.07, 6.45) is 6.76. The molecule has 0 aromatic heterocycles. The third-order valence-electron chi connectivity index (χ3n) is 4.78. The third-order valence-corrected chi connectivity index (χ3v) is 4.78. The number of rotatable bonds is 3. The van der Waals surface area contributed by atoms with Gasteiger partial charge in [-0.15, -0.1) is 0 Å². The first-order valence-electron chi connectivity index (χ1n) is 7.73. The molecule has 0 amide bonds. The summed E-state index contributed by atoms with van der Waals surface area (Å²) < 4.78 is 5.91. The van der Waals surface area contributed by atoms with Crippen LogP contribution in [0.15, 0.2) is 0 Å². The first-order chi connectivity index (χ1) is 8.63. The molecule has 0 spiro atoms. The van der Waals surface area contributed by atoms with Crippen molar-refractivity contribution in [2.45, 2.75) is 70.6 Å². The van der Waals surface area contributed by atoms with Crippen molar-refractivity contribution in [3.63, 3.8) is 0 Å². The summed E-state index contributed by atoms with van der Waals surface area (Å²) in [5.41, 5.74) is 0.277. The minimum absolute atomic E-state index is 0.277. The molecule has 3 nitrogen and oxygen atoms in total. The van der Waals surface area contributed by atoms with Crippen LogP contribution in [0.1, 0.15) is 52.9 Å². The van der Waals surface area contributed by atoms with Crippen LogP contribution in [0.4, 0.5) is 0 Å².